The Morgan fingerprint density at radius 1 is 1.07 bits per heavy atom. The zero-order chi connectivity index (χ0) is 19.4. The van der Waals surface area contributed by atoms with Gasteiger partial charge in [0.15, 0.2) is 18.1 Å². The van der Waals surface area contributed by atoms with Gasteiger partial charge in [0.05, 0.1) is 12.7 Å². The molecule has 1 fully saturated rings. The SMILES string of the molecule is COc1ccccc1OCC(=O)N(Cc1ccccc1C(F)(F)F)C1CC1. The summed E-state index contributed by atoms with van der Waals surface area (Å²) in [6.07, 6.45) is -2.88. The Bertz CT molecular complexity index is 803. The molecule has 3 rings (SSSR count). The quantitative estimate of drug-likeness (QED) is 0.721. The molecule has 0 saturated heterocycles. The number of methoxy groups -OCH3 is 1. The van der Waals surface area contributed by atoms with Gasteiger partial charge in [-0.1, -0.05) is 30.3 Å². The van der Waals surface area contributed by atoms with E-state index >= 15 is 0 Å². The van der Waals surface area contributed by atoms with Crippen molar-refractivity contribution in [2.75, 3.05) is 13.7 Å². The van der Waals surface area contributed by atoms with Crippen molar-refractivity contribution >= 4 is 5.91 Å². The third-order valence-electron chi connectivity index (χ3n) is 4.39. The highest BCUT2D eigenvalue weighted by Gasteiger charge is 2.37. The van der Waals surface area contributed by atoms with Crippen molar-refractivity contribution in [3.8, 4) is 11.5 Å². The molecule has 0 heterocycles. The Morgan fingerprint density at radius 2 is 1.70 bits per heavy atom. The van der Waals surface area contributed by atoms with Crippen LogP contribution in [0.15, 0.2) is 48.5 Å². The van der Waals surface area contributed by atoms with E-state index in [0.717, 1.165) is 18.9 Å². The zero-order valence-electron chi connectivity index (χ0n) is 14.8. The van der Waals surface area contributed by atoms with E-state index in [9.17, 15) is 18.0 Å². The molecule has 144 valence electrons. The van der Waals surface area contributed by atoms with Crippen LogP contribution >= 0.6 is 0 Å². The van der Waals surface area contributed by atoms with Gasteiger partial charge in [0.25, 0.3) is 5.91 Å². The Labute approximate surface area is 155 Å². The molecule has 0 aromatic heterocycles. The molecule has 27 heavy (non-hydrogen) atoms. The first-order chi connectivity index (χ1) is 12.9. The molecule has 0 N–H and O–H groups in total. The number of hydrogen-bond acceptors (Lipinski definition) is 3. The first-order valence-corrected chi connectivity index (χ1v) is 8.60. The van der Waals surface area contributed by atoms with Crippen molar-refractivity contribution in [1.29, 1.82) is 0 Å². The Kier molecular flexibility index (Phi) is 5.58. The number of alkyl halides is 3. The van der Waals surface area contributed by atoms with Crippen LogP contribution in [0.1, 0.15) is 24.0 Å². The largest absolute Gasteiger partial charge is 0.493 e. The standard InChI is InChI=1S/C20H20F3NO3/c1-26-17-8-4-5-9-18(17)27-13-19(25)24(15-10-11-15)12-14-6-2-3-7-16(14)20(21,22)23/h2-9,15H,10-13H2,1H3. The van der Waals surface area contributed by atoms with Gasteiger partial charge in [-0.25, -0.2) is 0 Å². The van der Waals surface area contributed by atoms with Gasteiger partial charge in [-0.2, -0.15) is 13.2 Å². The van der Waals surface area contributed by atoms with E-state index in [2.05, 4.69) is 0 Å². The average molecular weight is 379 g/mol. The van der Waals surface area contributed by atoms with Gasteiger partial charge in [-0.15, -0.1) is 0 Å². The molecular weight excluding hydrogens is 359 g/mol. The number of nitrogens with zero attached hydrogens (tertiary/aromatic N) is 1. The lowest BCUT2D eigenvalue weighted by molar-refractivity contribution is -0.140. The summed E-state index contributed by atoms with van der Waals surface area (Å²) in [5.41, 5.74) is -0.628. The number of benzene rings is 2. The normalized spacial score (nSPS) is 13.9. The van der Waals surface area contributed by atoms with Crippen molar-refractivity contribution in [3.63, 3.8) is 0 Å². The monoisotopic (exact) mass is 379 g/mol. The van der Waals surface area contributed by atoms with E-state index in [-0.39, 0.29) is 30.7 Å². The van der Waals surface area contributed by atoms with Crippen molar-refractivity contribution in [2.45, 2.75) is 31.6 Å². The molecule has 2 aromatic carbocycles. The number of carbonyl (C=O) groups excluding carboxylic acids is 1. The smallest absolute Gasteiger partial charge is 0.416 e. The van der Waals surface area contributed by atoms with Crippen molar-refractivity contribution < 1.29 is 27.4 Å². The van der Waals surface area contributed by atoms with Crippen LogP contribution < -0.4 is 9.47 Å². The molecule has 7 heteroatoms. The summed E-state index contributed by atoms with van der Waals surface area (Å²) < 4.78 is 50.4. The van der Waals surface area contributed by atoms with Gasteiger partial charge in [-0.3, -0.25) is 4.79 Å². The lowest BCUT2D eigenvalue weighted by Crippen LogP contribution is -2.36. The maximum Gasteiger partial charge on any atom is 0.416 e. The fourth-order valence-corrected chi connectivity index (χ4v) is 2.89. The summed E-state index contributed by atoms with van der Waals surface area (Å²) in [6.45, 7) is -0.348. The Balaban J connectivity index is 1.72. The van der Waals surface area contributed by atoms with Crippen LogP contribution in [0.25, 0.3) is 0 Å². The van der Waals surface area contributed by atoms with Crippen LogP contribution in [-0.2, 0) is 17.5 Å². The molecule has 4 nitrogen and oxygen atoms in total. The van der Waals surface area contributed by atoms with Crippen molar-refractivity contribution in [2.24, 2.45) is 0 Å². The van der Waals surface area contributed by atoms with Crippen LogP contribution in [0, 0.1) is 0 Å². The highest BCUT2D eigenvalue weighted by molar-refractivity contribution is 5.78. The van der Waals surface area contributed by atoms with E-state index in [4.69, 9.17) is 9.47 Å². The van der Waals surface area contributed by atoms with E-state index in [1.165, 1.54) is 24.1 Å². The second-order valence-corrected chi connectivity index (χ2v) is 6.35. The molecule has 0 radical (unpaired) electrons. The molecule has 2 aromatic rings. The number of carbonyl (C=O) groups is 1. The molecule has 0 aliphatic heterocycles. The number of rotatable bonds is 7. The van der Waals surface area contributed by atoms with Crippen molar-refractivity contribution in [1.82, 2.24) is 4.90 Å². The van der Waals surface area contributed by atoms with E-state index < -0.39 is 11.7 Å². The minimum Gasteiger partial charge on any atom is -0.493 e. The first-order valence-electron chi connectivity index (χ1n) is 8.60. The van der Waals surface area contributed by atoms with E-state index in [1.807, 2.05) is 0 Å². The predicted molar refractivity (Wildman–Crippen MR) is 93.5 cm³/mol. The minimum atomic E-state index is -4.46. The molecule has 0 unspecified atom stereocenters. The highest BCUT2D eigenvalue weighted by Crippen LogP contribution is 2.35. The van der Waals surface area contributed by atoms with Crippen molar-refractivity contribution in [3.05, 3.63) is 59.7 Å². The van der Waals surface area contributed by atoms with Gasteiger partial charge in [0.2, 0.25) is 0 Å². The summed E-state index contributed by atoms with van der Waals surface area (Å²) in [5.74, 6) is 0.561. The summed E-state index contributed by atoms with van der Waals surface area (Å²) in [5, 5.41) is 0. The van der Waals surface area contributed by atoms with Crippen LogP contribution in [0.3, 0.4) is 0 Å². The lowest BCUT2D eigenvalue weighted by atomic mass is 10.1. The number of para-hydroxylation sites is 2. The minimum absolute atomic E-state index is 0.0416. The fourth-order valence-electron chi connectivity index (χ4n) is 2.89. The van der Waals surface area contributed by atoms with E-state index in [0.29, 0.717) is 11.5 Å². The fraction of sp³-hybridized carbons (Fsp3) is 0.350. The second kappa shape index (κ2) is 7.90. The summed E-state index contributed by atoms with van der Waals surface area (Å²) in [6, 6.07) is 12.2. The summed E-state index contributed by atoms with van der Waals surface area (Å²) in [7, 11) is 1.49. The van der Waals surface area contributed by atoms with Crippen LogP contribution in [0.5, 0.6) is 11.5 Å². The van der Waals surface area contributed by atoms with E-state index in [1.54, 1.807) is 30.3 Å². The molecule has 0 bridgehead atoms. The Morgan fingerprint density at radius 3 is 2.33 bits per heavy atom. The lowest BCUT2D eigenvalue weighted by Gasteiger charge is -2.24. The summed E-state index contributed by atoms with van der Waals surface area (Å²) >= 11 is 0. The second-order valence-electron chi connectivity index (χ2n) is 6.35. The topological polar surface area (TPSA) is 38.8 Å². The predicted octanol–water partition coefficient (Wildman–Crippen LogP) is 4.28. The van der Waals surface area contributed by atoms with Crippen LogP contribution in [-0.4, -0.2) is 30.6 Å². The first kappa shape index (κ1) is 19.1. The third kappa shape index (κ3) is 4.72. The number of ether oxygens (including phenoxy) is 2. The maximum absolute atomic E-state index is 13.2. The van der Waals surface area contributed by atoms with Crippen LogP contribution in [0.2, 0.25) is 0 Å². The number of amides is 1. The molecular formula is C20H20F3NO3. The van der Waals surface area contributed by atoms with Gasteiger partial charge in [-0.05, 0) is 36.6 Å². The van der Waals surface area contributed by atoms with Crippen LogP contribution in [0.4, 0.5) is 13.2 Å². The average Bonchev–Trinajstić information content (AvgIpc) is 3.49. The number of hydrogen-bond donors (Lipinski definition) is 0. The molecule has 1 aliphatic carbocycles. The van der Waals surface area contributed by atoms with Gasteiger partial charge in [0.1, 0.15) is 0 Å². The molecule has 1 aliphatic rings. The molecule has 0 spiro atoms. The van der Waals surface area contributed by atoms with Gasteiger partial charge in [0, 0.05) is 12.6 Å². The Hall–Kier alpha value is -2.70. The third-order valence-corrected chi connectivity index (χ3v) is 4.39. The summed E-state index contributed by atoms with van der Waals surface area (Å²) in [4.78, 5) is 14.1. The molecule has 1 amide bonds. The molecule has 0 atom stereocenters. The van der Waals surface area contributed by atoms with Gasteiger partial charge >= 0.3 is 6.18 Å². The van der Waals surface area contributed by atoms with Gasteiger partial charge < -0.3 is 14.4 Å². The molecule has 1 saturated carbocycles. The zero-order valence-corrected chi connectivity index (χ0v) is 14.8. The maximum atomic E-state index is 13.2. The number of halogens is 3. The highest BCUT2D eigenvalue weighted by atomic mass is 19.4.